The van der Waals surface area contributed by atoms with E-state index in [1.807, 2.05) is 0 Å². The second kappa shape index (κ2) is 20.2. The first-order valence-corrected chi connectivity index (χ1v) is 0. The Morgan fingerprint density at radius 1 is 1.00 bits per heavy atom. The minimum absolute atomic E-state index is 0. The molecule has 1 nitrogen and oxygen atoms in total. The summed E-state index contributed by atoms with van der Waals surface area (Å²) in [5.41, 5.74) is 0. The van der Waals surface area contributed by atoms with Crippen molar-refractivity contribution in [1.82, 2.24) is 0 Å². The third kappa shape index (κ3) is 9.02. The summed E-state index contributed by atoms with van der Waals surface area (Å²) < 4.78 is 0. The number of rotatable bonds is 0. The molecule has 0 atom stereocenters. The van der Waals surface area contributed by atoms with Gasteiger partial charge in [0.1, 0.15) is 0 Å². The molecule has 0 saturated heterocycles. The molecule has 0 aromatic heterocycles. The first kappa shape index (κ1) is 37.9. The molecule has 2 radical (unpaired) electrons. The monoisotopic (exact) mass is 494 g/mol. The summed E-state index contributed by atoms with van der Waals surface area (Å²) in [5, 5.41) is 0. The van der Waals surface area contributed by atoms with Gasteiger partial charge in [-0.05, 0) is 0 Å². The van der Waals surface area contributed by atoms with Crippen LogP contribution in [0.4, 0.5) is 0 Å². The summed E-state index contributed by atoms with van der Waals surface area (Å²) in [6.45, 7) is 0. The van der Waals surface area contributed by atoms with Gasteiger partial charge in [-0.15, -0.1) is 0 Å². The molecular formula is H2IrORuTa. The van der Waals surface area contributed by atoms with Gasteiger partial charge in [-0.25, -0.2) is 0 Å². The van der Waals surface area contributed by atoms with Crippen molar-refractivity contribution in [3.8, 4) is 0 Å². The molecule has 2 N–H and O–H groups in total. The van der Waals surface area contributed by atoms with E-state index in [2.05, 4.69) is 0 Å². The van der Waals surface area contributed by atoms with Gasteiger partial charge >= 0.3 is 0 Å². The van der Waals surface area contributed by atoms with Gasteiger partial charge in [-0.1, -0.05) is 0 Å². The van der Waals surface area contributed by atoms with Crippen LogP contribution >= 0.6 is 0 Å². The molecule has 0 aliphatic heterocycles. The third-order valence-electron chi connectivity index (χ3n) is 0. The molecule has 0 bridgehead atoms. The van der Waals surface area contributed by atoms with Gasteiger partial charge in [-0.3, -0.25) is 0 Å². The smallest absolute Gasteiger partial charge is 0 e. The molecule has 0 spiro atoms. The minimum atomic E-state index is 0. The SMILES string of the molecule is O.[Ir].[Ru].[Ta]. The Hall–Kier alpha value is 1.97. The van der Waals surface area contributed by atoms with E-state index in [1.54, 1.807) is 0 Å². The molecule has 0 heterocycles. The molecule has 0 aliphatic rings. The van der Waals surface area contributed by atoms with Crippen LogP contribution in [-0.2, 0) is 62.0 Å². The Morgan fingerprint density at radius 2 is 1.00 bits per heavy atom. The Morgan fingerprint density at radius 3 is 1.00 bits per heavy atom. The second-order valence-electron chi connectivity index (χ2n) is 0. The van der Waals surface area contributed by atoms with Crippen molar-refractivity contribution in [3.05, 3.63) is 0 Å². The van der Waals surface area contributed by atoms with E-state index in [-0.39, 0.29) is 67.4 Å². The first-order chi connectivity index (χ1) is 0. The Balaban J connectivity index is 0. The van der Waals surface area contributed by atoms with Gasteiger partial charge in [0.25, 0.3) is 0 Å². The maximum Gasteiger partial charge on any atom is 0 e. The van der Waals surface area contributed by atoms with Crippen LogP contribution in [0, 0.1) is 0 Å². The van der Waals surface area contributed by atoms with Gasteiger partial charge in [0.2, 0.25) is 0 Å². The van der Waals surface area contributed by atoms with Crippen LogP contribution in [0.3, 0.4) is 0 Å². The maximum atomic E-state index is 0. The minimum Gasteiger partial charge on any atom is -0.412 e. The Bertz CT molecular complexity index is 8.00. The average molecular weight is 492 g/mol. The summed E-state index contributed by atoms with van der Waals surface area (Å²) in [4.78, 5) is 0. The third-order valence-corrected chi connectivity index (χ3v) is 0. The van der Waals surface area contributed by atoms with Crippen molar-refractivity contribution in [2.75, 3.05) is 0 Å². The molecule has 0 aromatic rings. The fourth-order valence-electron chi connectivity index (χ4n) is 0. The molecule has 0 aliphatic carbocycles. The summed E-state index contributed by atoms with van der Waals surface area (Å²) in [6.07, 6.45) is 0. The van der Waals surface area contributed by atoms with Gasteiger partial charge in [-0.2, -0.15) is 0 Å². The van der Waals surface area contributed by atoms with Crippen LogP contribution in [0.5, 0.6) is 0 Å². The number of hydrogen-bond acceptors (Lipinski definition) is 0. The van der Waals surface area contributed by atoms with Crippen molar-refractivity contribution in [1.29, 1.82) is 0 Å². The van der Waals surface area contributed by atoms with Gasteiger partial charge in [0.15, 0.2) is 0 Å². The van der Waals surface area contributed by atoms with Crippen molar-refractivity contribution >= 4 is 0 Å². The van der Waals surface area contributed by atoms with Crippen molar-refractivity contribution < 1.29 is 67.4 Å². The Kier molecular flexibility index (Phi) is 191. The van der Waals surface area contributed by atoms with Crippen LogP contribution in [0.15, 0.2) is 0 Å². The maximum absolute atomic E-state index is 0. The molecule has 0 rings (SSSR count). The van der Waals surface area contributed by atoms with E-state index in [0.717, 1.165) is 0 Å². The molecule has 0 fully saturated rings. The largest absolute Gasteiger partial charge is 0.412 e. The normalized spacial score (nSPS) is 0. The van der Waals surface area contributed by atoms with Crippen LogP contribution in [0.25, 0.3) is 0 Å². The number of hydrogen-bond donors (Lipinski definition) is 0. The van der Waals surface area contributed by atoms with E-state index in [1.165, 1.54) is 0 Å². The zero-order valence-electron chi connectivity index (χ0n) is 1.63. The molecule has 30 valence electrons. The van der Waals surface area contributed by atoms with E-state index >= 15 is 0 Å². The molecular weight excluding hydrogens is 490 g/mol. The van der Waals surface area contributed by atoms with Crippen LogP contribution in [-0.4, -0.2) is 5.48 Å². The Labute approximate surface area is 66.8 Å². The molecule has 4 heavy (non-hydrogen) atoms. The van der Waals surface area contributed by atoms with Crippen LogP contribution in [0.1, 0.15) is 0 Å². The van der Waals surface area contributed by atoms with E-state index in [4.69, 9.17) is 0 Å². The van der Waals surface area contributed by atoms with E-state index < -0.39 is 0 Å². The molecule has 4 heteroatoms. The zero-order valence-corrected chi connectivity index (χ0v) is 8.98. The zero-order chi connectivity index (χ0) is 0. The summed E-state index contributed by atoms with van der Waals surface area (Å²) in [7, 11) is 0. The first-order valence-electron chi connectivity index (χ1n) is 0. The summed E-state index contributed by atoms with van der Waals surface area (Å²) in [5.74, 6) is 0. The second-order valence-corrected chi connectivity index (χ2v) is 0. The van der Waals surface area contributed by atoms with Gasteiger partial charge in [0, 0.05) is 62.0 Å². The average Bonchev–Trinajstić information content (AvgIpc) is 0. The van der Waals surface area contributed by atoms with Gasteiger partial charge < -0.3 is 5.48 Å². The topological polar surface area (TPSA) is 31.5 Å². The molecule has 0 amide bonds. The molecule has 0 saturated carbocycles. The van der Waals surface area contributed by atoms with E-state index in [0.29, 0.717) is 0 Å². The van der Waals surface area contributed by atoms with E-state index in [9.17, 15) is 0 Å². The van der Waals surface area contributed by atoms with Crippen molar-refractivity contribution in [3.63, 3.8) is 0 Å². The molecule has 0 unspecified atom stereocenters. The van der Waals surface area contributed by atoms with Crippen molar-refractivity contribution in [2.45, 2.75) is 0 Å². The summed E-state index contributed by atoms with van der Waals surface area (Å²) in [6, 6.07) is 0. The standard InChI is InChI=1S/Ir.H2O.Ru.Ta/h;1H2;;. The fraction of sp³-hybridized carbons (Fsp3) is 0. The quantitative estimate of drug-likeness (QED) is 0.396. The molecule has 0 aromatic carbocycles. The predicted molar refractivity (Wildman–Crippen MR) is 3.61 cm³/mol. The van der Waals surface area contributed by atoms with Crippen LogP contribution in [0.2, 0.25) is 0 Å². The van der Waals surface area contributed by atoms with Crippen LogP contribution < -0.4 is 0 Å². The van der Waals surface area contributed by atoms with Crippen molar-refractivity contribution in [2.24, 2.45) is 0 Å². The fourth-order valence-corrected chi connectivity index (χ4v) is 0. The predicted octanol–water partition coefficient (Wildman–Crippen LogP) is -0.832. The van der Waals surface area contributed by atoms with Gasteiger partial charge in [0.05, 0.1) is 0 Å². The summed E-state index contributed by atoms with van der Waals surface area (Å²) >= 11 is 0.